The lowest BCUT2D eigenvalue weighted by Gasteiger charge is -2.15. The molecule has 0 aromatic heterocycles. The third-order valence-electron chi connectivity index (χ3n) is 2.29. The van der Waals surface area contributed by atoms with E-state index >= 15 is 0 Å². The number of likely N-dealkylation sites (N-methyl/N-ethyl adjacent to an activating group) is 1. The Hall–Kier alpha value is -1.07. The summed E-state index contributed by atoms with van der Waals surface area (Å²) in [7, 11) is 1.93. The van der Waals surface area contributed by atoms with Gasteiger partial charge in [0.15, 0.2) is 0 Å². The van der Waals surface area contributed by atoms with Crippen LogP contribution in [0.2, 0.25) is 0 Å². The lowest BCUT2D eigenvalue weighted by Crippen LogP contribution is -2.30. The molecule has 0 fully saturated rings. The Balaban J connectivity index is 2.56. The first-order valence-electron chi connectivity index (χ1n) is 5.56. The summed E-state index contributed by atoms with van der Waals surface area (Å²) in [5.41, 5.74) is 7.04. The molecule has 0 aliphatic carbocycles. The second-order valence-corrected chi connectivity index (χ2v) is 4.88. The van der Waals surface area contributed by atoms with Gasteiger partial charge in [0.05, 0.1) is 12.2 Å². The van der Waals surface area contributed by atoms with E-state index in [0.29, 0.717) is 12.2 Å². The molecular weight excluding hydrogens is 282 g/mol. The van der Waals surface area contributed by atoms with E-state index in [4.69, 9.17) is 5.73 Å². The Labute approximate surface area is 110 Å². The predicted molar refractivity (Wildman–Crippen MR) is 75.0 cm³/mol. The number of benzene rings is 1. The van der Waals surface area contributed by atoms with Crippen molar-refractivity contribution >= 4 is 33.2 Å². The fourth-order valence-corrected chi connectivity index (χ4v) is 2.02. The zero-order valence-electron chi connectivity index (χ0n) is 10.2. The third kappa shape index (κ3) is 4.75. The molecule has 3 N–H and O–H groups in total. The van der Waals surface area contributed by atoms with E-state index in [1.54, 1.807) is 18.2 Å². The van der Waals surface area contributed by atoms with E-state index in [2.05, 4.69) is 28.2 Å². The maximum atomic E-state index is 11.7. The summed E-state index contributed by atoms with van der Waals surface area (Å²) in [6.45, 7) is 3.39. The molecule has 5 heteroatoms. The van der Waals surface area contributed by atoms with Crippen molar-refractivity contribution in [3.63, 3.8) is 0 Å². The standard InChI is InChI=1S/C12H18BrN3O/c1-3-6-16(2)8-12(17)15-11-5-4-9(14)7-10(11)13/h4-5,7H,3,6,8,14H2,1-2H3,(H,15,17). The number of carbonyl (C=O) groups is 1. The van der Waals surface area contributed by atoms with Crippen molar-refractivity contribution in [1.82, 2.24) is 4.90 Å². The number of halogens is 1. The highest BCUT2D eigenvalue weighted by molar-refractivity contribution is 9.10. The molecule has 0 aliphatic heterocycles. The molecule has 1 amide bonds. The fraction of sp³-hybridized carbons (Fsp3) is 0.417. The Morgan fingerprint density at radius 1 is 1.53 bits per heavy atom. The molecule has 17 heavy (non-hydrogen) atoms. The van der Waals surface area contributed by atoms with E-state index in [9.17, 15) is 4.79 Å². The highest BCUT2D eigenvalue weighted by Gasteiger charge is 2.08. The Morgan fingerprint density at radius 3 is 2.82 bits per heavy atom. The van der Waals surface area contributed by atoms with Crippen LogP contribution in [0.3, 0.4) is 0 Å². The van der Waals surface area contributed by atoms with Crippen molar-refractivity contribution in [3.05, 3.63) is 22.7 Å². The summed E-state index contributed by atoms with van der Waals surface area (Å²) in [5, 5.41) is 2.84. The van der Waals surface area contributed by atoms with Crippen LogP contribution in [0.25, 0.3) is 0 Å². The van der Waals surface area contributed by atoms with Crippen LogP contribution in [0.5, 0.6) is 0 Å². The number of anilines is 2. The van der Waals surface area contributed by atoms with E-state index in [-0.39, 0.29) is 5.91 Å². The normalized spacial score (nSPS) is 10.6. The smallest absolute Gasteiger partial charge is 0.238 e. The second kappa shape index (κ2) is 6.61. The van der Waals surface area contributed by atoms with Gasteiger partial charge in [-0.05, 0) is 54.1 Å². The monoisotopic (exact) mass is 299 g/mol. The minimum absolute atomic E-state index is 0.0218. The van der Waals surface area contributed by atoms with Crippen LogP contribution >= 0.6 is 15.9 Å². The SMILES string of the molecule is CCCN(C)CC(=O)Nc1ccc(N)cc1Br. The number of nitrogens with one attached hydrogen (secondary N) is 1. The molecule has 1 aromatic rings. The van der Waals surface area contributed by atoms with Gasteiger partial charge in [0, 0.05) is 10.2 Å². The quantitative estimate of drug-likeness (QED) is 0.820. The van der Waals surface area contributed by atoms with Crippen LogP contribution in [-0.2, 0) is 4.79 Å². The van der Waals surface area contributed by atoms with Gasteiger partial charge in [-0.15, -0.1) is 0 Å². The van der Waals surface area contributed by atoms with Crippen LogP contribution in [0.1, 0.15) is 13.3 Å². The van der Waals surface area contributed by atoms with Gasteiger partial charge < -0.3 is 11.1 Å². The lowest BCUT2D eigenvalue weighted by molar-refractivity contribution is -0.117. The molecular formula is C12H18BrN3O. The Kier molecular flexibility index (Phi) is 5.44. The summed E-state index contributed by atoms with van der Waals surface area (Å²) >= 11 is 3.36. The van der Waals surface area contributed by atoms with Gasteiger partial charge in [-0.25, -0.2) is 0 Å². The van der Waals surface area contributed by atoms with Crippen molar-refractivity contribution in [2.75, 3.05) is 31.2 Å². The molecule has 0 atom stereocenters. The van der Waals surface area contributed by atoms with Crippen LogP contribution < -0.4 is 11.1 Å². The molecule has 0 bridgehead atoms. The maximum Gasteiger partial charge on any atom is 0.238 e. The second-order valence-electron chi connectivity index (χ2n) is 4.03. The van der Waals surface area contributed by atoms with Crippen LogP contribution in [0, 0.1) is 0 Å². The molecule has 1 aromatic carbocycles. The summed E-state index contributed by atoms with van der Waals surface area (Å²) < 4.78 is 0.795. The van der Waals surface area contributed by atoms with Crippen molar-refractivity contribution in [2.24, 2.45) is 0 Å². The zero-order chi connectivity index (χ0) is 12.8. The van der Waals surface area contributed by atoms with Gasteiger partial charge >= 0.3 is 0 Å². The Bertz CT molecular complexity index is 395. The number of rotatable bonds is 5. The van der Waals surface area contributed by atoms with Gasteiger partial charge in [0.25, 0.3) is 0 Å². The van der Waals surface area contributed by atoms with Crippen molar-refractivity contribution < 1.29 is 4.79 Å². The number of hydrogen-bond donors (Lipinski definition) is 2. The molecule has 0 radical (unpaired) electrons. The molecule has 0 saturated heterocycles. The largest absolute Gasteiger partial charge is 0.399 e. The van der Waals surface area contributed by atoms with Gasteiger partial charge in [0.2, 0.25) is 5.91 Å². The van der Waals surface area contributed by atoms with E-state index < -0.39 is 0 Å². The molecule has 4 nitrogen and oxygen atoms in total. The number of carbonyl (C=O) groups excluding carboxylic acids is 1. The van der Waals surface area contributed by atoms with Gasteiger partial charge in [-0.2, -0.15) is 0 Å². The van der Waals surface area contributed by atoms with E-state index in [1.807, 2.05) is 11.9 Å². The Morgan fingerprint density at radius 2 is 2.24 bits per heavy atom. The average Bonchev–Trinajstić information content (AvgIpc) is 2.22. The molecule has 0 heterocycles. The summed E-state index contributed by atoms with van der Waals surface area (Å²) in [4.78, 5) is 13.7. The highest BCUT2D eigenvalue weighted by Crippen LogP contribution is 2.24. The molecule has 0 spiro atoms. The highest BCUT2D eigenvalue weighted by atomic mass is 79.9. The van der Waals surface area contributed by atoms with Gasteiger partial charge in [-0.1, -0.05) is 6.92 Å². The van der Waals surface area contributed by atoms with Gasteiger partial charge in [-0.3, -0.25) is 9.69 Å². The number of hydrogen-bond acceptors (Lipinski definition) is 3. The van der Waals surface area contributed by atoms with Crippen molar-refractivity contribution in [2.45, 2.75) is 13.3 Å². The molecule has 0 aliphatic rings. The first kappa shape index (κ1) is 14.0. The predicted octanol–water partition coefficient (Wildman–Crippen LogP) is 2.31. The summed E-state index contributed by atoms with van der Waals surface area (Å²) in [5.74, 6) is -0.0218. The lowest BCUT2D eigenvalue weighted by atomic mass is 10.3. The molecule has 0 unspecified atom stereocenters. The van der Waals surface area contributed by atoms with Crippen LogP contribution in [-0.4, -0.2) is 30.9 Å². The number of nitrogens with two attached hydrogens (primary N) is 1. The van der Waals surface area contributed by atoms with Crippen LogP contribution in [0.4, 0.5) is 11.4 Å². The number of amides is 1. The van der Waals surface area contributed by atoms with E-state index in [1.165, 1.54) is 0 Å². The minimum atomic E-state index is -0.0218. The number of nitrogens with zero attached hydrogens (tertiary/aromatic N) is 1. The molecule has 0 saturated carbocycles. The third-order valence-corrected chi connectivity index (χ3v) is 2.94. The van der Waals surface area contributed by atoms with Crippen molar-refractivity contribution in [1.29, 1.82) is 0 Å². The van der Waals surface area contributed by atoms with E-state index in [0.717, 1.165) is 23.1 Å². The summed E-state index contributed by atoms with van der Waals surface area (Å²) in [6, 6.07) is 5.32. The van der Waals surface area contributed by atoms with Crippen LogP contribution in [0.15, 0.2) is 22.7 Å². The summed E-state index contributed by atoms with van der Waals surface area (Å²) in [6.07, 6.45) is 1.04. The van der Waals surface area contributed by atoms with Gasteiger partial charge in [0.1, 0.15) is 0 Å². The average molecular weight is 300 g/mol. The topological polar surface area (TPSA) is 58.4 Å². The molecule has 94 valence electrons. The number of nitrogen functional groups attached to an aromatic ring is 1. The van der Waals surface area contributed by atoms with Crippen molar-refractivity contribution in [3.8, 4) is 0 Å². The fourth-order valence-electron chi connectivity index (χ4n) is 1.53. The molecule has 1 rings (SSSR count). The minimum Gasteiger partial charge on any atom is -0.399 e. The maximum absolute atomic E-state index is 11.7. The first-order chi connectivity index (χ1) is 8.02. The first-order valence-corrected chi connectivity index (χ1v) is 6.35. The zero-order valence-corrected chi connectivity index (χ0v) is 11.8.